The lowest BCUT2D eigenvalue weighted by Gasteiger charge is -2.30. The molecule has 1 amide bonds. The molecule has 0 bridgehead atoms. The molecule has 3 rings (SSSR count). The first kappa shape index (κ1) is 19.1. The van der Waals surface area contributed by atoms with E-state index in [-0.39, 0.29) is 30.6 Å². The minimum Gasteiger partial charge on any atom is -0.489 e. The van der Waals surface area contributed by atoms with Crippen LogP contribution in [0.4, 0.5) is 4.39 Å². The summed E-state index contributed by atoms with van der Waals surface area (Å²) in [5.41, 5.74) is 0. The highest BCUT2D eigenvalue weighted by molar-refractivity contribution is 5.80. The summed E-state index contributed by atoms with van der Waals surface area (Å²) in [6.45, 7) is 0.181. The van der Waals surface area contributed by atoms with E-state index < -0.39 is 11.9 Å². The summed E-state index contributed by atoms with van der Waals surface area (Å²) >= 11 is 0. The molecule has 142 valence electrons. The molecule has 1 aromatic rings. The second-order valence-corrected chi connectivity index (χ2v) is 7.02. The van der Waals surface area contributed by atoms with E-state index in [0.717, 1.165) is 31.9 Å². The molecule has 1 saturated heterocycles. The second kappa shape index (κ2) is 8.83. The molecule has 7 heteroatoms. The molecule has 2 aliphatic rings. The van der Waals surface area contributed by atoms with Gasteiger partial charge in [-0.1, -0.05) is 5.92 Å². The number of ether oxygens (including phenoxy) is 1. The van der Waals surface area contributed by atoms with Crippen LogP contribution in [0.3, 0.4) is 0 Å². The molecule has 2 heterocycles. The van der Waals surface area contributed by atoms with Crippen molar-refractivity contribution in [3.8, 4) is 24.2 Å². The van der Waals surface area contributed by atoms with E-state index in [2.05, 4.69) is 22.3 Å². The Morgan fingerprint density at radius 3 is 2.70 bits per heavy atom. The minimum absolute atomic E-state index is 0.0229. The highest BCUT2D eigenvalue weighted by Crippen LogP contribution is 2.25. The SMILES string of the molecule is C#C[C@H]1CC[C@@H](C#N)N1C(=O)CN[C@H]1CC[C@H](Oc2cncc(F)c2)CC1. The van der Waals surface area contributed by atoms with Crippen molar-refractivity contribution in [2.75, 3.05) is 6.54 Å². The van der Waals surface area contributed by atoms with Crippen LogP contribution in [0.5, 0.6) is 5.75 Å². The number of nitrogens with zero attached hydrogens (tertiary/aromatic N) is 3. The molecular formula is C20H23FN4O2. The van der Waals surface area contributed by atoms with E-state index >= 15 is 0 Å². The summed E-state index contributed by atoms with van der Waals surface area (Å²) in [6, 6.07) is 3.00. The zero-order valence-electron chi connectivity index (χ0n) is 15.1. The summed E-state index contributed by atoms with van der Waals surface area (Å²) in [7, 11) is 0. The van der Waals surface area contributed by atoms with Gasteiger partial charge in [-0.2, -0.15) is 5.26 Å². The molecule has 1 aliphatic carbocycles. The van der Waals surface area contributed by atoms with Gasteiger partial charge in [0.2, 0.25) is 5.91 Å². The van der Waals surface area contributed by atoms with E-state index in [1.807, 2.05) is 0 Å². The summed E-state index contributed by atoms with van der Waals surface area (Å²) in [6.07, 6.45) is 12.8. The third-order valence-corrected chi connectivity index (χ3v) is 5.21. The molecule has 6 nitrogen and oxygen atoms in total. The van der Waals surface area contributed by atoms with Crippen molar-refractivity contribution in [2.45, 2.75) is 62.8 Å². The predicted octanol–water partition coefficient (Wildman–Crippen LogP) is 2.02. The number of hydrogen-bond acceptors (Lipinski definition) is 5. The average molecular weight is 370 g/mol. The first-order valence-electron chi connectivity index (χ1n) is 9.28. The number of terminal acetylenes is 1. The summed E-state index contributed by atoms with van der Waals surface area (Å²) in [5.74, 6) is 2.52. The molecule has 0 radical (unpaired) electrons. The largest absolute Gasteiger partial charge is 0.489 e. The van der Waals surface area contributed by atoms with Crippen LogP contribution in [0.2, 0.25) is 0 Å². The van der Waals surface area contributed by atoms with Gasteiger partial charge in [0.15, 0.2) is 0 Å². The number of aromatic nitrogens is 1. The van der Waals surface area contributed by atoms with Crippen LogP contribution in [0.1, 0.15) is 38.5 Å². The quantitative estimate of drug-likeness (QED) is 0.803. The number of carbonyl (C=O) groups is 1. The van der Waals surface area contributed by atoms with Crippen molar-refractivity contribution in [1.29, 1.82) is 5.26 Å². The van der Waals surface area contributed by atoms with Gasteiger partial charge in [-0.3, -0.25) is 9.78 Å². The maximum Gasteiger partial charge on any atom is 0.238 e. The third-order valence-electron chi connectivity index (χ3n) is 5.21. The van der Waals surface area contributed by atoms with Gasteiger partial charge < -0.3 is 15.0 Å². The van der Waals surface area contributed by atoms with E-state index in [9.17, 15) is 14.4 Å². The van der Waals surface area contributed by atoms with Crippen molar-refractivity contribution in [3.05, 3.63) is 24.3 Å². The van der Waals surface area contributed by atoms with Gasteiger partial charge in [0, 0.05) is 12.1 Å². The van der Waals surface area contributed by atoms with Gasteiger partial charge in [0.25, 0.3) is 0 Å². The number of rotatable bonds is 5. The van der Waals surface area contributed by atoms with Crippen LogP contribution in [0.25, 0.3) is 0 Å². The van der Waals surface area contributed by atoms with Crippen molar-refractivity contribution in [3.63, 3.8) is 0 Å². The molecule has 1 aliphatic heterocycles. The number of amides is 1. The number of nitrogens with one attached hydrogen (secondary N) is 1. The highest BCUT2D eigenvalue weighted by atomic mass is 19.1. The minimum atomic E-state index is -0.427. The van der Waals surface area contributed by atoms with Crippen molar-refractivity contribution in [2.24, 2.45) is 0 Å². The Kier molecular flexibility index (Phi) is 6.26. The van der Waals surface area contributed by atoms with Crippen LogP contribution < -0.4 is 10.1 Å². The predicted molar refractivity (Wildman–Crippen MR) is 97.0 cm³/mol. The zero-order chi connectivity index (χ0) is 19.2. The fourth-order valence-electron chi connectivity index (χ4n) is 3.81. The second-order valence-electron chi connectivity index (χ2n) is 7.02. The zero-order valence-corrected chi connectivity index (χ0v) is 15.1. The van der Waals surface area contributed by atoms with Crippen LogP contribution in [0, 0.1) is 29.5 Å². The standard InChI is InChI=1S/C20H23FN4O2/c1-2-16-5-6-17(10-22)25(16)20(26)13-24-15-3-7-18(8-4-15)27-19-9-14(21)11-23-12-19/h1,9,11-12,15-18,24H,3-8,13H2/t15-,16-,17-,18-/m0/s1. The average Bonchev–Trinajstić information content (AvgIpc) is 3.10. The first-order chi connectivity index (χ1) is 13.1. The first-order valence-corrected chi connectivity index (χ1v) is 9.28. The maximum atomic E-state index is 13.2. The lowest BCUT2D eigenvalue weighted by atomic mass is 9.93. The fraction of sp³-hybridized carbons (Fsp3) is 0.550. The molecule has 0 spiro atoms. The van der Waals surface area contributed by atoms with Gasteiger partial charge in [0.1, 0.15) is 17.6 Å². The molecular weight excluding hydrogens is 347 g/mol. The Morgan fingerprint density at radius 2 is 2.04 bits per heavy atom. The normalized spacial score (nSPS) is 27.6. The Labute approximate surface area is 158 Å². The van der Waals surface area contributed by atoms with Crippen molar-refractivity contribution in [1.82, 2.24) is 15.2 Å². The van der Waals surface area contributed by atoms with Crippen molar-refractivity contribution >= 4 is 5.91 Å². The topological polar surface area (TPSA) is 78.2 Å². The Balaban J connectivity index is 1.43. The van der Waals surface area contributed by atoms with E-state index in [0.29, 0.717) is 18.6 Å². The monoisotopic (exact) mass is 370 g/mol. The Hall–Kier alpha value is -2.64. The number of likely N-dealkylation sites (tertiary alicyclic amines) is 1. The molecule has 0 aromatic carbocycles. The van der Waals surface area contributed by atoms with Gasteiger partial charge >= 0.3 is 0 Å². The lowest BCUT2D eigenvalue weighted by Crippen LogP contribution is -2.47. The fourth-order valence-corrected chi connectivity index (χ4v) is 3.81. The van der Waals surface area contributed by atoms with E-state index in [4.69, 9.17) is 11.2 Å². The number of nitriles is 1. The summed E-state index contributed by atoms with van der Waals surface area (Å²) < 4.78 is 19.0. The third kappa shape index (κ3) is 4.75. The molecule has 2 atom stereocenters. The van der Waals surface area contributed by atoms with Gasteiger partial charge in [-0.15, -0.1) is 6.42 Å². The van der Waals surface area contributed by atoms with Crippen LogP contribution in [0.15, 0.2) is 18.5 Å². The number of halogens is 1. The van der Waals surface area contributed by atoms with Crippen molar-refractivity contribution < 1.29 is 13.9 Å². The highest BCUT2D eigenvalue weighted by Gasteiger charge is 2.36. The smallest absolute Gasteiger partial charge is 0.238 e. The summed E-state index contributed by atoms with van der Waals surface area (Å²) in [4.78, 5) is 17.8. The van der Waals surface area contributed by atoms with E-state index in [1.54, 1.807) is 4.90 Å². The molecule has 1 saturated carbocycles. The van der Waals surface area contributed by atoms with Crippen LogP contribution in [-0.2, 0) is 4.79 Å². The van der Waals surface area contributed by atoms with Gasteiger partial charge in [-0.05, 0) is 38.5 Å². The molecule has 2 fully saturated rings. The van der Waals surface area contributed by atoms with Crippen LogP contribution >= 0.6 is 0 Å². The molecule has 1 N–H and O–H groups in total. The van der Waals surface area contributed by atoms with Crippen LogP contribution in [-0.4, -0.2) is 46.6 Å². The number of hydrogen-bond donors (Lipinski definition) is 1. The van der Waals surface area contributed by atoms with E-state index in [1.165, 1.54) is 12.3 Å². The lowest BCUT2D eigenvalue weighted by molar-refractivity contribution is -0.131. The Bertz CT molecular complexity index is 727. The van der Waals surface area contributed by atoms with Gasteiger partial charge in [0.05, 0.1) is 37.2 Å². The maximum absolute atomic E-state index is 13.2. The molecule has 0 unspecified atom stereocenters. The molecule has 1 aromatic heterocycles. The Morgan fingerprint density at radius 1 is 1.30 bits per heavy atom. The summed E-state index contributed by atoms with van der Waals surface area (Å²) in [5, 5.41) is 12.5. The number of carbonyl (C=O) groups excluding carboxylic acids is 1. The van der Waals surface area contributed by atoms with Gasteiger partial charge in [-0.25, -0.2) is 4.39 Å². The molecule has 27 heavy (non-hydrogen) atoms. The number of pyridine rings is 1.